The normalized spacial score (nSPS) is 19.4. The first-order valence-corrected chi connectivity index (χ1v) is 10.1. The number of anilines is 2. The largest absolute Gasteiger partial charge is 0.372 e. The minimum atomic E-state index is -0.118. The lowest BCUT2D eigenvalue weighted by Crippen LogP contribution is -2.45. The summed E-state index contributed by atoms with van der Waals surface area (Å²) < 4.78 is 5.81. The minimum Gasteiger partial charge on any atom is -0.372 e. The summed E-state index contributed by atoms with van der Waals surface area (Å²) in [4.78, 5) is 19.9. The number of aryl methyl sites for hydroxylation is 2. The van der Waals surface area contributed by atoms with Gasteiger partial charge in [-0.3, -0.25) is 9.78 Å². The smallest absolute Gasteiger partial charge is 0.256 e. The molecule has 1 aliphatic heterocycles. The average Bonchev–Trinajstić information content (AvgIpc) is 2.67. The Morgan fingerprint density at radius 1 is 1.03 bits per heavy atom. The molecule has 0 saturated carbocycles. The van der Waals surface area contributed by atoms with Crippen molar-refractivity contribution in [3.05, 3.63) is 65.4 Å². The summed E-state index contributed by atoms with van der Waals surface area (Å²) in [6, 6.07) is 15.9. The Hall–Kier alpha value is -2.92. The highest BCUT2D eigenvalue weighted by Crippen LogP contribution is 2.24. The second-order valence-corrected chi connectivity index (χ2v) is 8.00. The van der Waals surface area contributed by atoms with Crippen molar-refractivity contribution in [3.63, 3.8) is 0 Å². The van der Waals surface area contributed by atoms with Crippen molar-refractivity contribution in [2.75, 3.05) is 23.3 Å². The molecule has 2 aromatic carbocycles. The molecular weight excluding hydrogens is 362 g/mol. The summed E-state index contributed by atoms with van der Waals surface area (Å²) in [6.45, 7) is 9.87. The number of pyridine rings is 1. The van der Waals surface area contributed by atoms with E-state index in [1.54, 1.807) is 0 Å². The number of carbonyl (C=O) groups is 1. The molecule has 2 unspecified atom stereocenters. The van der Waals surface area contributed by atoms with Crippen molar-refractivity contribution in [1.29, 1.82) is 0 Å². The molecule has 0 aliphatic carbocycles. The molecule has 0 bridgehead atoms. The summed E-state index contributed by atoms with van der Waals surface area (Å²) in [5.41, 5.74) is 5.35. The van der Waals surface area contributed by atoms with Crippen molar-refractivity contribution in [1.82, 2.24) is 4.98 Å². The zero-order chi connectivity index (χ0) is 20.5. The van der Waals surface area contributed by atoms with Gasteiger partial charge in [0.25, 0.3) is 5.91 Å². The lowest BCUT2D eigenvalue weighted by molar-refractivity contribution is -0.00521. The molecule has 150 valence electrons. The van der Waals surface area contributed by atoms with Crippen LogP contribution in [0.4, 0.5) is 11.4 Å². The number of carbonyl (C=O) groups excluding carboxylic acids is 1. The minimum absolute atomic E-state index is 0.118. The van der Waals surface area contributed by atoms with Gasteiger partial charge >= 0.3 is 0 Å². The van der Waals surface area contributed by atoms with Crippen LogP contribution in [0.25, 0.3) is 10.9 Å². The van der Waals surface area contributed by atoms with Crippen molar-refractivity contribution < 1.29 is 9.53 Å². The van der Waals surface area contributed by atoms with Crippen LogP contribution in [0.5, 0.6) is 0 Å². The predicted molar refractivity (Wildman–Crippen MR) is 118 cm³/mol. The van der Waals surface area contributed by atoms with Crippen LogP contribution in [0.3, 0.4) is 0 Å². The standard InChI is InChI=1S/C24H27N3O2/c1-15-5-10-23-21(11-15)22(12-16(2)25-23)24(28)26-19-6-8-20(9-7-19)27-13-17(3)29-18(4)14-27/h5-12,17-18H,13-14H2,1-4H3,(H,26,28). The SMILES string of the molecule is Cc1ccc2nc(C)cc(C(=O)Nc3ccc(N4CC(C)OC(C)C4)cc3)c2c1. The average molecular weight is 389 g/mol. The van der Waals surface area contributed by atoms with Gasteiger partial charge in [-0.1, -0.05) is 11.6 Å². The summed E-state index contributed by atoms with van der Waals surface area (Å²) in [6.07, 6.45) is 0.426. The molecule has 0 spiro atoms. The second-order valence-electron chi connectivity index (χ2n) is 8.00. The van der Waals surface area contributed by atoms with Gasteiger partial charge < -0.3 is 15.0 Å². The third-order valence-corrected chi connectivity index (χ3v) is 5.25. The molecule has 1 aromatic heterocycles. The fourth-order valence-electron chi connectivity index (χ4n) is 4.00. The second kappa shape index (κ2) is 7.84. The van der Waals surface area contributed by atoms with Crippen molar-refractivity contribution in [2.24, 2.45) is 0 Å². The topological polar surface area (TPSA) is 54.5 Å². The Kier molecular flexibility index (Phi) is 5.24. The molecule has 3 aromatic rings. The maximum Gasteiger partial charge on any atom is 0.256 e. The molecule has 4 rings (SSSR count). The number of benzene rings is 2. The van der Waals surface area contributed by atoms with Crippen LogP contribution in [-0.4, -0.2) is 36.2 Å². The first-order chi connectivity index (χ1) is 13.9. The third-order valence-electron chi connectivity index (χ3n) is 5.25. The molecule has 1 saturated heterocycles. The van der Waals surface area contributed by atoms with Crippen LogP contribution in [0.15, 0.2) is 48.5 Å². The van der Waals surface area contributed by atoms with Gasteiger partial charge in [-0.25, -0.2) is 0 Å². The van der Waals surface area contributed by atoms with E-state index in [4.69, 9.17) is 4.74 Å². The summed E-state index contributed by atoms with van der Waals surface area (Å²) in [5.74, 6) is -0.118. The number of nitrogens with zero attached hydrogens (tertiary/aromatic N) is 2. The van der Waals surface area contributed by atoms with E-state index in [9.17, 15) is 4.79 Å². The molecule has 1 fully saturated rings. The number of hydrogen-bond donors (Lipinski definition) is 1. The van der Waals surface area contributed by atoms with Crippen molar-refractivity contribution >= 4 is 28.2 Å². The highest BCUT2D eigenvalue weighted by Gasteiger charge is 2.22. The van der Waals surface area contributed by atoms with Crippen LogP contribution >= 0.6 is 0 Å². The number of morpholine rings is 1. The van der Waals surface area contributed by atoms with Crippen LogP contribution < -0.4 is 10.2 Å². The highest BCUT2D eigenvalue weighted by atomic mass is 16.5. The van der Waals surface area contributed by atoms with E-state index in [0.29, 0.717) is 5.56 Å². The fourth-order valence-corrected chi connectivity index (χ4v) is 4.00. The monoisotopic (exact) mass is 389 g/mol. The molecule has 1 amide bonds. The van der Waals surface area contributed by atoms with E-state index < -0.39 is 0 Å². The zero-order valence-electron chi connectivity index (χ0n) is 17.4. The number of hydrogen-bond acceptors (Lipinski definition) is 4. The van der Waals surface area contributed by atoms with E-state index >= 15 is 0 Å². The summed E-state index contributed by atoms with van der Waals surface area (Å²) in [5, 5.41) is 3.91. The van der Waals surface area contributed by atoms with E-state index in [-0.39, 0.29) is 18.1 Å². The van der Waals surface area contributed by atoms with Gasteiger partial charge in [0, 0.05) is 35.5 Å². The Morgan fingerprint density at radius 3 is 2.41 bits per heavy atom. The van der Waals surface area contributed by atoms with E-state index in [1.807, 2.05) is 50.2 Å². The van der Waals surface area contributed by atoms with Crippen LogP contribution in [0.1, 0.15) is 35.5 Å². The number of rotatable bonds is 3. The number of fused-ring (bicyclic) bond motifs is 1. The Morgan fingerprint density at radius 2 is 1.72 bits per heavy atom. The van der Waals surface area contributed by atoms with Crippen LogP contribution in [0.2, 0.25) is 0 Å². The predicted octanol–water partition coefficient (Wildman–Crippen LogP) is 4.72. The maximum absolute atomic E-state index is 13.0. The Labute approximate surface area is 171 Å². The molecule has 2 heterocycles. The molecule has 29 heavy (non-hydrogen) atoms. The first kappa shape index (κ1) is 19.4. The van der Waals surface area contributed by atoms with Crippen molar-refractivity contribution in [2.45, 2.75) is 39.9 Å². The number of aromatic nitrogens is 1. The van der Waals surface area contributed by atoms with Gasteiger partial charge in [0.1, 0.15) is 0 Å². The van der Waals surface area contributed by atoms with E-state index in [0.717, 1.165) is 46.6 Å². The van der Waals surface area contributed by atoms with E-state index in [1.165, 1.54) is 0 Å². The fraction of sp³-hybridized carbons (Fsp3) is 0.333. The molecular formula is C24H27N3O2. The first-order valence-electron chi connectivity index (χ1n) is 10.1. The lowest BCUT2D eigenvalue weighted by Gasteiger charge is -2.36. The number of amides is 1. The lowest BCUT2D eigenvalue weighted by atomic mass is 10.0. The van der Waals surface area contributed by atoms with Gasteiger partial charge in [-0.15, -0.1) is 0 Å². The third kappa shape index (κ3) is 4.25. The van der Waals surface area contributed by atoms with Gasteiger partial charge in [0.05, 0.1) is 23.3 Å². The van der Waals surface area contributed by atoms with Gasteiger partial charge in [-0.2, -0.15) is 0 Å². The quantitative estimate of drug-likeness (QED) is 0.704. The summed E-state index contributed by atoms with van der Waals surface area (Å²) in [7, 11) is 0. The molecule has 1 N–H and O–H groups in total. The number of nitrogens with one attached hydrogen (secondary N) is 1. The molecule has 1 aliphatic rings. The maximum atomic E-state index is 13.0. The van der Waals surface area contributed by atoms with E-state index in [2.05, 4.69) is 41.2 Å². The van der Waals surface area contributed by atoms with Crippen molar-refractivity contribution in [3.8, 4) is 0 Å². The van der Waals surface area contributed by atoms with Gasteiger partial charge in [0.2, 0.25) is 0 Å². The molecule has 5 heteroatoms. The number of ether oxygens (including phenoxy) is 1. The molecule has 5 nitrogen and oxygen atoms in total. The van der Waals surface area contributed by atoms with Crippen LogP contribution in [-0.2, 0) is 4.74 Å². The Balaban J connectivity index is 1.55. The van der Waals surface area contributed by atoms with Crippen LogP contribution in [0, 0.1) is 13.8 Å². The Bertz CT molecular complexity index is 1040. The zero-order valence-corrected chi connectivity index (χ0v) is 17.4. The van der Waals surface area contributed by atoms with Gasteiger partial charge in [-0.05, 0) is 70.2 Å². The summed E-state index contributed by atoms with van der Waals surface area (Å²) >= 11 is 0. The highest BCUT2D eigenvalue weighted by molar-refractivity contribution is 6.12. The van der Waals surface area contributed by atoms with Gasteiger partial charge in [0.15, 0.2) is 0 Å². The molecule has 2 atom stereocenters. The molecule has 0 radical (unpaired) electrons.